The van der Waals surface area contributed by atoms with Gasteiger partial charge in [-0.3, -0.25) is 0 Å². The van der Waals surface area contributed by atoms with Crippen LogP contribution in [0.5, 0.6) is 0 Å². The van der Waals surface area contributed by atoms with E-state index in [1.54, 1.807) is 12.1 Å². The molecule has 0 aliphatic carbocycles. The van der Waals surface area contributed by atoms with Gasteiger partial charge in [-0.2, -0.15) is 10.5 Å². The minimum atomic E-state index is 0.494. The van der Waals surface area contributed by atoms with Crippen LogP contribution in [0.15, 0.2) is 91.0 Å². The molecule has 0 spiro atoms. The summed E-state index contributed by atoms with van der Waals surface area (Å²) in [5.74, 6) is 0. The van der Waals surface area contributed by atoms with Gasteiger partial charge in [-0.25, -0.2) is 0 Å². The Balaban J connectivity index is 1.60. The van der Waals surface area contributed by atoms with Crippen molar-refractivity contribution in [2.24, 2.45) is 0 Å². The average Bonchev–Trinajstić information content (AvgIpc) is 2.82. The fourth-order valence-electron chi connectivity index (χ4n) is 4.12. The number of nitrogens with zero attached hydrogens (tertiary/aromatic N) is 3. The van der Waals surface area contributed by atoms with E-state index < -0.39 is 0 Å². The van der Waals surface area contributed by atoms with Gasteiger partial charge in [-0.1, -0.05) is 54.6 Å². The van der Waals surface area contributed by atoms with E-state index >= 15 is 0 Å². The largest absolute Gasteiger partial charge is 0.310 e. The molecular weight excluding hydrogens is 366 g/mol. The van der Waals surface area contributed by atoms with Crippen LogP contribution >= 0.6 is 0 Å². The van der Waals surface area contributed by atoms with Gasteiger partial charge >= 0.3 is 0 Å². The molecule has 0 unspecified atom stereocenters. The normalized spacial score (nSPS) is 11.7. The quantitative estimate of drug-likeness (QED) is 0.351. The second kappa shape index (κ2) is 7.24. The fraction of sp³-hybridized carbons (Fsp3) is 0.0370. The van der Waals surface area contributed by atoms with Crippen LogP contribution in [0.4, 0.5) is 17.1 Å². The lowest BCUT2D eigenvalue weighted by molar-refractivity contribution is 1.09. The van der Waals surface area contributed by atoms with Gasteiger partial charge in [-0.15, -0.1) is 0 Å². The van der Waals surface area contributed by atoms with E-state index in [2.05, 4.69) is 77.7 Å². The first-order valence-electron chi connectivity index (χ1n) is 9.79. The summed E-state index contributed by atoms with van der Waals surface area (Å²) in [5, 5.41) is 18.6. The zero-order valence-electron chi connectivity index (χ0n) is 16.2. The molecule has 3 nitrogen and oxygen atoms in total. The van der Waals surface area contributed by atoms with E-state index in [0.717, 1.165) is 23.2 Å². The second-order valence-corrected chi connectivity index (χ2v) is 7.30. The Bertz CT molecular complexity index is 1290. The smallest absolute Gasteiger partial charge is 0.0998 e. The lowest BCUT2D eigenvalue weighted by atomic mass is 9.94. The highest BCUT2D eigenvalue weighted by atomic mass is 15.2. The summed E-state index contributed by atoms with van der Waals surface area (Å²) in [7, 11) is 0. The van der Waals surface area contributed by atoms with Crippen molar-refractivity contribution in [3.63, 3.8) is 0 Å². The van der Waals surface area contributed by atoms with Crippen molar-refractivity contribution in [1.82, 2.24) is 0 Å². The molecule has 140 valence electrons. The molecule has 0 saturated carbocycles. The number of hydrogen-bond donors (Lipinski definition) is 0. The maximum Gasteiger partial charge on any atom is 0.0998 e. The lowest BCUT2D eigenvalue weighted by Gasteiger charge is -2.33. The van der Waals surface area contributed by atoms with E-state index in [9.17, 15) is 5.26 Å². The lowest BCUT2D eigenvalue weighted by Crippen LogP contribution is -2.18. The van der Waals surface area contributed by atoms with Crippen LogP contribution in [0.1, 0.15) is 22.3 Å². The summed E-state index contributed by atoms with van der Waals surface area (Å²) in [6.45, 7) is 0. The molecule has 0 saturated heterocycles. The monoisotopic (exact) mass is 383 g/mol. The molecule has 3 heteroatoms. The first-order valence-corrected chi connectivity index (χ1v) is 9.79. The van der Waals surface area contributed by atoms with Crippen LogP contribution in [0.3, 0.4) is 0 Å². The molecule has 4 aromatic rings. The fourth-order valence-corrected chi connectivity index (χ4v) is 4.12. The molecule has 1 aliphatic rings. The van der Waals surface area contributed by atoms with Crippen LogP contribution < -0.4 is 4.90 Å². The summed E-state index contributed by atoms with van der Waals surface area (Å²) >= 11 is 0. The van der Waals surface area contributed by atoms with E-state index in [1.807, 2.05) is 18.2 Å². The molecule has 0 atom stereocenters. The Morgan fingerprint density at radius 1 is 0.667 bits per heavy atom. The molecule has 1 heterocycles. The highest BCUT2D eigenvalue weighted by Gasteiger charge is 2.23. The van der Waals surface area contributed by atoms with Crippen molar-refractivity contribution in [3.8, 4) is 23.3 Å². The summed E-state index contributed by atoms with van der Waals surface area (Å²) in [6, 6.07) is 34.8. The third kappa shape index (κ3) is 2.91. The zero-order valence-corrected chi connectivity index (χ0v) is 16.2. The van der Waals surface area contributed by atoms with Crippen molar-refractivity contribution in [1.29, 1.82) is 10.5 Å². The minimum Gasteiger partial charge on any atom is -0.310 e. The predicted molar refractivity (Wildman–Crippen MR) is 119 cm³/mol. The molecular formula is C27H17N3. The number of para-hydroxylation sites is 2. The third-order valence-electron chi connectivity index (χ3n) is 5.55. The predicted octanol–water partition coefficient (Wildman–Crippen LogP) is 6.47. The molecule has 0 fully saturated rings. The molecule has 0 bridgehead atoms. The molecule has 30 heavy (non-hydrogen) atoms. The molecule has 0 amide bonds. The van der Waals surface area contributed by atoms with E-state index in [0.29, 0.717) is 11.1 Å². The van der Waals surface area contributed by atoms with Crippen LogP contribution in [-0.4, -0.2) is 0 Å². The summed E-state index contributed by atoms with van der Waals surface area (Å²) in [4.78, 5) is 2.29. The first kappa shape index (κ1) is 17.7. The van der Waals surface area contributed by atoms with E-state index in [1.165, 1.54) is 22.5 Å². The number of rotatable bonds is 2. The van der Waals surface area contributed by atoms with Crippen molar-refractivity contribution in [3.05, 3.63) is 113 Å². The summed E-state index contributed by atoms with van der Waals surface area (Å²) in [5.41, 5.74) is 8.87. The van der Waals surface area contributed by atoms with Crippen molar-refractivity contribution >= 4 is 17.1 Å². The van der Waals surface area contributed by atoms with Gasteiger partial charge in [0.1, 0.15) is 0 Å². The van der Waals surface area contributed by atoms with E-state index in [-0.39, 0.29) is 0 Å². The van der Waals surface area contributed by atoms with Gasteiger partial charge in [0.25, 0.3) is 0 Å². The molecule has 4 aromatic carbocycles. The van der Waals surface area contributed by atoms with E-state index in [4.69, 9.17) is 5.26 Å². The second-order valence-electron chi connectivity index (χ2n) is 7.30. The Hall–Kier alpha value is -4.34. The first-order chi connectivity index (χ1) is 14.8. The third-order valence-corrected chi connectivity index (χ3v) is 5.55. The summed E-state index contributed by atoms with van der Waals surface area (Å²) in [6.07, 6.45) is 0.928. The highest BCUT2D eigenvalue weighted by molar-refractivity contribution is 5.84. The number of hydrogen-bond acceptors (Lipinski definition) is 3. The molecule has 0 radical (unpaired) electrons. The maximum absolute atomic E-state index is 9.51. The van der Waals surface area contributed by atoms with Gasteiger partial charge in [0, 0.05) is 23.5 Å². The number of fused-ring (bicyclic) bond motifs is 2. The highest BCUT2D eigenvalue weighted by Crippen LogP contribution is 2.43. The van der Waals surface area contributed by atoms with Crippen LogP contribution in [0, 0.1) is 22.7 Å². The standard InChI is InChI=1S/C27H17N3/c28-17-19-9-14-25(23(15-19)18-29)20-10-12-24(13-11-20)30-26-7-3-1-5-21(26)16-22-6-2-4-8-27(22)30/h1-15H,16H2. The Morgan fingerprint density at radius 3 is 1.90 bits per heavy atom. The Kier molecular flexibility index (Phi) is 4.28. The average molecular weight is 383 g/mol. The topological polar surface area (TPSA) is 50.8 Å². The van der Waals surface area contributed by atoms with Gasteiger partial charge in [-0.05, 0) is 58.7 Å². The number of benzene rings is 4. The number of nitriles is 2. The summed E-state index contributed by atoms with van der Waals surface area (Å²) < 4.78 is 0. The van der Waals surface area contributed by atoms with Crippen LogP contribution in [-0.2, 0) is 6.42 Å². The number of anilines is 3. The molecule has 1 aliphatic heterocycles. The zero-order chi connectivity index (χ0) is 20.5. The van der Waals surface area contributed by atoms with Gasteiger partial charge in [0.05, 0.1) is 23.3 Å². The SMILES string of the molecule is N#Cc1ccc(-c2ccc(N3c4ccccc4Cc4ccccc43)cc2)c(C#N)c1. The van der Waals surface area contributed by atoms with Crippen molar-refractivity contribution in [2.45, 2.75) is 6.42 Å². The van der Waals surface area contributed by atoms with Crippen LogP contribution in [0.25, 0.3) is 11.1 Å². The van der Waals surface area contributed by atoms with Gasteiger partial charge in [0.15, 0.2) is 0 Å². The molecule has 5 rings (SSSR count). The van der Waals surface area contributed by atoms with Crippen LogP contribution in [0.2, 0.25) is 0 Å². The minimum absolute atomic E-state index is 0.494. The van der Waals surface area contributed by atoms with Crippen molar-refractivity contribution < 1.29 is 0 Å². The Labute approximate surface area is 175 Å². The van der Waals surface area contributed by atoms with Gasteiger partial charge < -0.3 is 4.90 Å². The Morgan fingerprint density at radius 2 is 1.30 bits per heavy atom. The van der Waals surface area contributed by atoms with Gasteiger partial charge in [0.2, 0.25) is 0 Å². The molecule has 0 aromatic heterocycles. The molecule has 0 N–H and O–H groups in total. The van der Waals surface area contributed by atoms with Crippen molar-refractivity contribution in [2.75, 3.05) is 4.90 Å². The maximum atomic E-state index is 9.51.